The Morgan fingerprint density at radius 1 is 1.31 bits per heavy atom. The van der Waals surface area contributed by atoms with Gasteiger partial charge in [-0.3, -0.25) is 14.5 Å². The van der Waals surface area contributed by atoms with E-state index in [-0.39, 0.29) is 19.1 Å². The Morgan fingerprint density at radius 2 is 1.94 bits per heavy atom. The maximum atomic E-state index is 11.2. The molecule has 0 spiro atoms. The van der Waals surface area contributed by atoms with Crippen molar-refractivity contribution < 1.29 is 14.3 Å². The molecule has 0 radical (unpaired) electrons. The highest BCUT2D eigenvalue weighted by Gasteiger charge is 2.12. The number of anilines is 1. The second kappa shape index (κ2) is 6.12. The summed E-state index contributed by atoms with van der Waals surface area (Å²) in [5, 5.41) is -0.599. The fourth-order valence-corrected chi connectivity index (χ4v) is 1.39. The highest BCUT2D eigenvalue weighted by atomic mass is 35.5. The summed E-state index contributed by atoms with van der Waals surface area (Å²) >= 11 is 5.44. The Bertz CT molecular complexity index is 367. The lowest BCUT2D eigenvalue weighted by molar-refractivity contribution is -0.140. The monoisotopic (exact) mass is 241 g/mol. The molecule has 0 fully saturated rings. The molecule has 0 saturated heterocycles. The van der Waals surface area contributed by atoms with Crippen LogP contribution in [0.4, 0.5) is 10.5 Å². The van der Waals surface area contributed by atoms with Crippen LogP contribution in [-0.2, 0) is 9.53 Å². The number of rotatable bonds is 4. The van der Waals surface area contributed by atoms with Crippen LogP contribution in [0.3, 0.4) is 0 Å². The lowest BCUT2D eigenvalue weighted by Gasteiger charge is -2.19. The zero-order chi connectivity index (χ0) is 12.0. The molecule has 0 unspecified atom stereocenters. The Labute approximate surface area is 98.8 Å². The third kappa shape index (κ3) is 3.90. The van der Waals surface area contributed by atoms with E-state index in [9.17, 15) is 9.59 Å². The Morgan fingerprint density at radius 3 is 2.44 bits per heavy atom. The molecule has 0 aliphatic carbocycles. The lowest BCUT2D eigenvalue weighted by Crippen LogP contribution is -2.30. The standard InChI is InChI=1S/C11H12ClNO3/c1-9(14)16-8-7-13(11(12)15)10-5-3-2-4-6-10/h2-6H,7-8H2,1H3. The predicted octanol–water partition coefficient (Wildman–Crippen LogP) is 2.41. The van der Waals surface area contributed by atoms with Crippen LogP contribution in [0.1, 0.15) is 6.92 Å². The van der Waals surface area contributed by atoms with Crippen molar-refractivity contribution >= 4 is 28.6 Å². The third-order valence-corrected chi connectivity index (χ3v) is 2.10. The summed E-state index contributed by atoms with van der Waals surface area (Å²) in [6.07, 6.45) is 0. The topological polar surface area (TPSA) is 46.6 Å². The number of nitrogens with zero attached hydrogens (tertiary/aromatic N) is 1. The van der Waals surface area contributed by atoms with Crippen LogP contribution in [0, 0.1) is 0 Å². The molecule has 0 bridgehead atoms. The number of amides is 1. The fourth-order valence-electron chi connectivity index (χ4n) is 1.21. The first-order chi connectivity index (χ1) is 7.61. The molecule has 0 atom stereocenters. The van der Waals surface area contributed by atoms with Gasteiger partial charge in [0.05, 0.1) is 6.54 Å². The molecule has 16 heavy (non-hydrogen) atoms. The van der Waals surface area contributed by atoms with Crippen molar-refractivity contribution in [1.82, 2.24) is 0 Å². The van der Waals surface area contributed by atoms with E-state index >= 15 is 0 Å². The number of hydrogen-bond acceptors (Lipinski definition) is 3. The van der Waals surface area contributed by atoms with E-state index in [2.05, 4.69) is 0 Å². The average Bonchev–Trinajstić information content (AvgIpc) is 2.25. The molecule has 4 nitrogen and oxygen atoms in total. The second-order valence-corrected chi connectivity index (χ2v) is 3.40. The average molecular weight is 242 g/mol. The number of carbonyl (C=O) groups excluding carboxylic acids is 2. The van der Waals surface area contributed by atoms with Crippen LogP contribution >= 0.6 is 11.6 Å². The SMILES string of the molecule is CC(=O)OCCN(C(=O)Cl)c1ccccc1. The van der Waals surface area contributed by atoms with Crippen molar-refractivity contribution in [1.29, 1.82) is 0 Å². The first-order valence-corrected chi connectivity index (χ1v) is 5.14. The summed E-state index contributed by atoms with van der Waals surface area (Å²) in [6, 6.07) is 8.95. The van der Waals surface area contributed by atoms with E-state index in [0.717, 1.165) is 0 Å². The number of ether oxygens (including phenoxy) is 1. The van der Waals surface area contributed by atoms with Gasteiger partial charge in [-0.2, -0.15) is 0 Å². The molecule has 0 N–H and O–H groups in total. The quantitative estimate of drug-likeness (QED) is 0.462. The van der Waals surface area contributed by atoms with Crippen LogP contribution < -0.4 is 4.90 Å². The predicted molar refractivity (Wildman–Crippen MR) is 61.7 cm³/mol. The summed E-state index contributed by atoms with van der Waals surface area (Å²) in [5.41, 5.74) is 0.676. The molecule has 0 aliphatic rings. The van der Waals surface area contributed by atoms with Crippen LogP contribution in [0.25, 0.3) is 0 Å². The van der Waals surface area contributed by atoms with Gasteiger partial charge >= 0.3 is 11.3 Å². The Kier molecular flexibility index (Phi) is 4.79. The number of carbonyl (C=O) groups is 2. The molecule has 1 aromatic carbocycles. The molecule has 0 saturated carbocycles. The van der Waals surface area contributed by atoms with Crippen LogP contribution in [0.5, 0.6) is 0 Å². The smallest absolute Gasteiger partial charge is 0.320 e. The van der Waals surface area contributed by atoms with Crippen molar-refractivity contribution in [3.63, 3.8) is 0 Å². The maximum absolute atomic E-state index is 11.2. The van der Waals surface area contributed by atoms with Gasteiger partial charge in [-0.15, -0.1) is 0 Å². The second-order valence-electron chi connectivity index (χ2n) is 3.08. The summed E-state index contributed by atoms with van der Waals surface area (Å²) < 4.78 is 4.75. The zero-order valence-electron chi connectivity index (χ0n) is 8.85. The van der Waals surface area contributed by atoms with Crippen molar-refractivity contribution in [2.45, 2.75) is 6.92 Å². The number of esters is 1. The van der Waals surface area contributed by atoms with E-state index in [1.807, 2.05) is 6.07 Å². The largest absolute Gasteiger partial charge is 0.464 e. The molecular formula is C11H12ClNO3. The Hall–Kier alpha value is -1.55. The molecule has 0 aromatic heterocycles. The van der Waals surface area contributed by atoms with Crippen molar-refractivity contribution in [2.24, 2.45) is 0 Å². The zero-order valence-corrected chi connectivity index (χ0v) is 9.61. The minimum absolute atomic E-state index is 0.128. The van der Waals surface area contributed by atoms with Gasteiger partial charge < -0.3 is 4.74 Å². The van der Waals surface area contributed by atoms with Crippen molar-refractivity contribution in [3.8, 4) is 0 Å². The van der Waals surface area contributed by atoms with Gasteiger partial charge in [-0.1, -0.05) is 18.2 Å². The summed E-state index contributed by atoms with van der Waals surface area (Å²) in [4.78, 5) is 23.1. The van der Waals surface area contributed by atoms with Crippen molar-refractivity contribution in [2.75, 3.05) is 18.1 Å². The summed E-state index contributed by atoms with van der Waals surface area (Å²) in [6.45, 7) is 1.68. The first kappa shape index (κ1) is 12.5. The van der Waals surface area contributed by atoms with Crippen LogP contribution in [0.15, 0.2) is 30.3 Å². The molecule has 1 amide bonds. The molecule has 0 aliphatic heterocycles. The third-order valence-electron chi connectivity index (χ3n) is 1.90. The number of benzene rings is 1. The number of hydrogen-bond donors (Lipinski definition) is 0. The van der Waals surface area contributed by atoms with Gasteiger partial charge in [-0.05, 0) is 23.7 Å². The van der Waals surface area contributed by atoms with Gasteiger partial charge in [0.1, 0.15) is 6.61 Å². The number of halogens is 1. The molecular weight excluding hydrogens is 230 g/mol. The first-order valence-electron chi connectivity index (χ1n) is 4.76. The molecule has 1 aromatic rings. The van der Waals surface area contributed by atoms with Gasteiger partial charge in [0.25, 0.3) is 0 Å². The minimum atomic E-state index is -0.599. The molecule has 1 rings (SSSR count). The van der Waals surface area contributed by atoms with Gasteiger partial charge in [0.15, 0.2) is 0 Å². The van der Waals surface area contributed by atoms with Crippen LogP contribution in [-0.4, -0.2) is 24.5 Å². The highest BCUT2D eigenvalue weighted by molar-refractivity contribution is 6.66. The van der Waals surface area contributed by atoms with E-state index in [4.69, 9.17) is 16.3 Å². The van der Waals surface area contributed by atoms with E-state index in [0.29, 0.717) is 5.69 Å². The molecule has 5 heteroatoms. The van der Waals surface area contributed by atoms with Crippen LogP contribution in [0.2, 0.25) is 0 Å². The normalized spacial score (nSPS) is 9.62. The van der Waals surface area contributed by atoms with Gasteiger partial charge in [0.2, 0.25) is 0 Å². The van der Waals surface area contributed by atoms with E-state index < -0.39 is 5.37 Å². The van der Waals surface area contributed by atoms with E-state index in [1.165, 1.54) is 11.8 Å². The van der Waals surface area contributed by atoms with Gasteiger partial charge in [0, 0.05) is 12.6 Å². The summed E-state index contributed by atoms with van der Waals surface area (Å²) in [5.74, 6) is -0.380. The number of para-hydroxylation sites is 1. The highest BCUT2D eigenvalue weighted by Crippen LogP contribution is 2.14. The molecule has 86 valence electrons. The molecule has 0 heterocycles. The fraction of sp³-hybridized carbons (Fsp3) is 0.273. The minimum Gasteiger partial charge on any atom is -0.464 e. The Balaban J connectivity index is 2.62. The summed E-state index contributed by atoms with van der Waals surface area (Å²) in [7, 11) is 0. The lowest BCUT2D eigenvalue weighted by atomic mass is 10.3. The van der Waals surface area contributed by atoms with Crippen molar-refractivity contribution in [3.05, 3.63) is 30.3 Å². The van der Waals surface area contributed by atoms with Gasteiger partial charge in [-0.25, -0.2) is 0 Å². The van der Waals surface area contributed by atoms with E-state index in [1.54, 1.807) is 24.3 Å². The maximum Gasteiger partial charge on any atom is 0.320 e.